The van der Waals surface area contributed by atoms with Gasteiger partial charge >= 0.3 is 0 Å². The van der Waals surface area contributed by atoms with Crippen LogP contribution in [0.1, 0.15) is 40.9 Å². The summed E-state index contributed by atoms with van der Waals surface area (Å²) in [6.07, 6.45) is 4.08. The number of likely N-dealkylation sites (N-methyl/N-ethyl adjacent to an activating group) is 2. The highest BCUT2D eigenvalue weighted by molar-refractivity contribution is 5.83. The summed E-state index contributed by atoms with van der Waals surface area (Å²) in [7, 11) is 3.59. The van der Waals surface area contributed by atoms with Crippen LogP contribution in [0.25, 0.3) is 56.3 Å². The van der Waals surface area contributed by atoms with Crippen LogP contribution in [-0.4, -0.2) is 141 Å². The Morgan fingerprint density at radius 1 is 0.754 bits per heavy atom. The first-order valence-corrected chi connectivity index (χ1v) is 23.6. The molecular formula is C51H62N12O6. The first-order valence-electron chi connectivity index (χ1n) is 23.6. The third-order valence-electron chi connectivity index (χ3n) is 12.6. The lowest BCUT2D eigenvalue weighted by Crippen LogP contribution is -2.29. The predicted octanol–water partition coefficient (Wildman–Crippen LogP) is 5.61. The Kier molecular flexibility index (Phi) is 14.7. The van der Waals surface area contributed by atoms with Crippen LogP contribution in [0.4, 0.5) is 11.6 Å². The minimum absolute atomic E-state index is 0.0908. The highest BCUT2D eigenvalue weighted by atomic mass is 16.5. The molecule has 2 aromatic carbocycles. The van der Waals surface area contributed by atoms with Gasteiger partial charge in [-0.15, -0.1) is 0 Å². The van der Waals surface area contributed by atoms with Crippen molar-refractivity contribution in [2.75, 3.05) is 77.5 Å². The molecular weight excluding hydrogens is 877 g/mol. The summed E-state index contributed by atoms with van der Waals surface area (Å²) in [6.45, 7) is 12.1. The third kappa shape index (κ3) is 10.9. The topological polar surface area (TPSA) is 224 Å². The number of ether oxygens (including phenoxy) is 4. The Labute approximate surface area is 401 Å². The van der Waals surface area contributed by atoms with Crippen LogP contribution in [0, 0.1) is 27.7 Å². The number of benzene rings is 2. The second-order valence-electron chi connectivity index (χ2n) is 17.9. The number of H-pyrrole nitrogens is 1. The molecule has 2 aliphatic heterocycles. The average Bonchev–Trinajstić information content (AvgIpc) is 4.20. The van der Waals surface area contributed by atoms with E-state index in [4.69, 9.17) is 49.0 Å². The number of rotatable bonds is 20. The molecule has 4 unspecified atom stereocenters. The maximum absolute atomic E-state index is 10.6. The Hall–Kier alpha value is -6.54. The fourth-order valence-corrected chi connectivity index (χ4v) is 8.89. The van der Waals surface area contributed by atoms with Crippen molar-refractivity contribution in [3.05, 3.63) is 95.1 Å². The van der Waals surface area contributed by atoms with Crippen molar-refractivity contribution >= 4 is 22.7 Å². The van der Waals surface area contributed by atoms with E-state index in [9.17, 15) is 10.2 Å². The third-order valence-corrected chi connectivity index (χ3v) is 12.6. The van der Waals surface area contributed by atoms with Gasteiger partial charge in [-0.3, -0.25) is 4.68 Å². The number of hydrogen-bond donors (Lipinski definition) is 7. The second-order valence-corrected chi connectivity index (χ2v) is 17.9. The lowest BCUT2D eigenvalue weighted by Gasteiger charge is -2.19. The molecule has 2 aliphatic rings. The summed E-state index contributed by atoms with van der Waals surface area (Å²) < 4.78 is 25.7. The number of anilines is 2. The quantitative estimate of drug-likeness (QED) is 0.0494. The fourth-order valence-electron chi connectivity index (χ4n) is 8.89. The van der Waals surface area contributed by atoms with Gasteiger partial charge in [-0.05, 0) is 96.6 Å². The largest absolute Gasteiger partial charge is 0.491 e. The molecule has 0 spiro atoms. The molecule has 362 valence electrons. The predicted molar refractivity (Wildman–Crippen MR) is 266 cm³/mol. The van der Waals surface area contributed by atoms with Crippen LogP contribution in [0.2, 0.25) is 0 Å². The molecule has 0 bridgehead atoms. The van der Waals surface area contributed by atoms with Gasteiger partial charge in [-0.1, -0.05) is 18.2 Å². The van der Waals surface area contributed by atoms with Crippen molar-refractivity contribution in [3.8, 4) is 56.8 Å². The minimum atomic E-state index is -0.707. The Bertz CT molecular complexity index is 2890. The van der Waals surface area contributed by atoms with E-state index in [0.29, 0.717) is 75.0 Å². The lowest BCUT2D eigenvalue weighted by atomic mass is 10.0. The first kappa shape index (κ1) is 47.5. The van der Waals surface area contributed by atoms with Crippen LogP contribution in [0.15, 0.2) is 67.0 Å². The monoisotopic (exact) mass is 938 g/mol. The number of aryl methyl sites for hydroxylation is 1. The molecule has 7 aromatic rings. The van der Waals surface area contributed by atoms with E-state index < -0.39 is 12.2 Å². The number of nitrogens with zero attached hydrogens (tertiary/aromatic N) is 7. The minimum Gasteiger partial charge on any atom is -0.491 e. The van der Waals surface area contributed by atoms with Gasteiger partial charge in [0.1, 0.15) is 54.2 Å². The number of aliphatic hydroxyl groups excluding tert-OH is 2. The molecule has 2 saturated heterocycles. The van der Waals surface area contributed by atoms with Crippen molar-refractivity contribution in [3.63, 3.8) is 0 Å². The smallest absolute Gasteiger partial charge is 0.162 e. The van der Waals surface area contributed by atoms with E-state index in [1.807, 2.05) is 86.4 Å². The number of aromatic amines is 1. The number of nitrogens with one attached hydrogen (secondary N) is 5. The molecule has 9 rings (SSSR count). The summed E-state index contributed by atoms with van der Waals surface area (Å²) in [5.74, 6) is 3.62. The zero-order valence-electron chi connectivity index (χ0n) is 40.1. The number of aliphatic hydroxyl groups is 2. The number of hydrogen-bond acceptors (Lipinski definition) is 16. The zero-order chi connectivity index (χ0) is 48.0. The first-order chi connectivity index (χ1) is 33.5. The Morgan fingerprint density at radius 2 is 1.41 bits per heavy atom. The summed E-state index contributed by atoms with van der Waals surface area (Å²) >= 11 is 0. The van der Waals surface area contributed by atoms with Crippen molar-refractivity contribution in [1.29, 1.82) is 0 Å². The van der Waals surface area contributed by atoms with Gasteiger partial charge < -0.3 is 55.4 Å². The Morgan fingerprint density at radius 3 is 2.07 bits per heavy atom. The molecule has 69 heavy (non-hydrogen) atoms. The van der Waals surface area contributed by atoms with Gasteiger partial charge in [-0.25, -0.2) is 24.9 Å². The molecule has 7 heterocycles. The summed E-state index contributed by atoms with van der Waals surface area (Å²) in [4.78, 5) is 28.8. The van der Waals surface area contributed by atoms with Crippen molar-refractivity contribution < 1.29 is 29.2 Å². The van der Waals surface area contributed by atoms with Gasteiger partial charge in [-0.2, -0.15) is 5.10 Å². The van der Waals surface area contributed by atoms with Gasteiger partial charge in [0, 0.05) is 83.2 Å². The van der Waals surface area contributed by atoms with E-state index >= 15 is 0 Å². The molecule has 0 saturated carbocycles. The molecule has 0 aliphatic carbocycles. The van der Waals surface area contributed by atoms with Crippen LogP contribution >= 0.6 is 0 Å². The van der Waals surface area contributed by atoms with Crippen LogP contribution in [-0.2, 0) is 16.0 Å². The maximum atomic E-state index is 10.6. The van der Waals surface area contributed by atoms with Gasteiger partial charge in [0.05, 0.1) is 48.9 Å². The van der Waals surface area contributed by atoms with E-state index in [1.165, 1.54) is 0 Å². The standard InChI is InChI=1S/C51H62N12O6/c1-29-45(36-18-34-12-15-54-49(34)55-21-36)58-51(61-47(29)56-37-13-16-66-25-37)43-20-42(69-28-40(65)23-53-6)11-10-35(43)24-63-32(4)44(31(3)62-63)46-30(2)48(57-38-14-17-67-26-38)60-50(59-46)33-8-7-9-41(19-33)68-27-39(64)22-52-5/h7-12,15,18-21,37-40,52-53,64-65H,13-14,16-17,22-28H2,1-6H3,(H,54,55)(H,56,58,61)(H,57,59,60). The van der Waals surface area contributed by atoms with Crippen molar-refractivity contribution in [2.24, 2.45) is 0 Å². The highest BCUT2D eigenvalue weighted by Gasteiger charge is 2.26. The molecule has 2 fully saturated rings. The number of aromatic nitrogens is 8. The van der Waals surface area contributed by atoms with Crippen molar-refractivity contribution in [2.45, 2.75) is 71.4 Å². The van der Waals surface area contributed by atoms with Crippen molar-refractivity contribution in [1.82, 2.24) is 50.3 Å². The molecule has 18 nitrogen and oxygen atoms in total. The second kappa shape index (κ2) is 21.4. The summed E-state index contributed by atoms with van der Waals surface area (Å²) in [5, 5.41) is 40.4. The van der Waals surface area contributed by atoms with E-state index in [0.717, 1.165) is 91.4 Å². The average molecular weight is 939 g/mol. The fraction of sp³-hybridized carbons (Fsp3) is 0.412. The van der Waals surface area contributed by atoms with Crippen LogP contribution in [0.3, 0.4) is 0 Å². The molecule has 18 heteroatoms. The van der Waals surface area contributed by atoms with Crippen LogP contribution < -0.4 is 30.7 Å². The normalized spacial score (nSPS) is 16.8. The SMILES string of the molecule is CNCC(O)COc1cccc(-c2nc(NC3CCOC3)c(C)c(-c3c(C)nn(Cc4ccc(OCC(O)CNC)cc4-c4nc(NC5CCOC5)c(C)c(-c5cnc6[nH]ccc6c5)n4)c3C)n2)c1. The van der Waals surface area contributed by atoms with Gasteiger partial charge in [0.15, 0.2) is 11.6 Å². The van der Waals surface area contributed by atoms with E-state index in [-0.39, 0.29) is 25.3 Å². The van der Waals surface area contributed by atoms with E-state index in [2.05, 4.69) is 39.2 Å². The van der Waals surface area contributed by atoms with Gasteiger partial charge in [0.2, 0.25) is 0 Å². The molecule has 0 radical (unpaired) electrons. The summed E-state index contributed by atoms with van der Waals surface area (Å²) in [6, 6.07) is 17.8. The maximum Gasteiger partial charge on any atom is 0.162 e. The number of fused-ring (bicyclic) bond motifs is 1. The van der Waals surface area contributed by atoms with E-state index in [1.54, 1.807) is 14.1 Å². The number of pyridine rings is 1. The Balaban J connectivity index is 1.12. The zero-order valence-corrected chi connectivity index (χ0v) is 40.1. The molecule has 4 atom stereocenters. The van der Waals surface area contributed by atoms with Gasteiger partial charge in [0.25, 0.3) is 0 Å². The van der Waals surface area contributed by atoms with Crippen LogP contribution in [0.5, 0.6) is 11.5 Å². The summed E-state index contributed by atoms with van der Waals surface area (Å²) in [5.41, 5.74) is 9.98. The lowest BCUT2D eigenvalue weighted by molar-refractivity contribution is 0.108. The molecule has 5 aromatic heterocycles. The molecule has 7 N–H and O–H groups in total. The highest BCUT2D eigenvalue weighted by Crippen LogP contribution is 2.37. The molecule has 0 amide bonds.